The van der Waals surface area contributed by atoms with Crippen LogP contribution < -0.4 is 0 Å². The van der Waals surface area contributed by atoms with Gasteiger partial charge in [0.2, 0.25) is 0 Å². The smallest absolute Gasteiger partial charge is 0.0810 e. The van der Waals surface area contributed by atoms with Gasteiger partial charge in [-0.3, -0.25) is 0 Å². The lowest BCUT2D eigenvalue weighted by atomic mass is 9.63. The first kappa shape index (κ1) is 11.4. The van der Waals surface area contributed by atoms with Gasteiger partial charge in [-0.05, 0) is 18.8 Å². The van der Waals surface area contributed by atoms with Crippen LogP contribution in [0.4, 0.5) is 0 Å². The molecule has 2 radical (unpaired) electrons. The van der Waals surface area contributed by atoms with Gasteiger partial charge in [0.1, 0.15) is 0 Å². The molecule has 0 amide bonds. The molecule has 1 heterocycles. The quantitative estimate of drug-likeness (QED) is 0.457. The standard InChI is InChI=1S/C12H20BNS/c1-12(13)6-3-4-10-9(8-12)5-7-14(2)11(10)15/h9-10H,3-8H2,1-2H3. The molecule has 1 saturated carbocycles. The van der Waals surface area contributed by atoms with E-state index in [0.29, 0.717) is 5.92 Å². The molecule has 3 atom stereocenters. The molecule has 1 saturated heterocycles. The summed E-state index contributed by atoms with van der Waals surface area (Å²) in [4.78, 5) is 3.44. The van der Waals surface area contributed by atoms with Gasteiger partial charge < -0.3 is 4.90 Å². The van der Waals surface area contributed by atoms with Crippen molar-refractivity contribution in [2.75, 3.05) is 13.6 Å². The second-order valence-electron chi connectivity index (χ2n) is 5.67. The molecule has 0 aromatic heterocycles. The van der Waals surface area contributed by atoms with Crippen LogP contribution in [0.1, 0.15) is 39.0 Å². The molecular weight excluding hydrogens is 201 g/mol. The number of fused-ring (bicyclic) bond motifs is 1. The highest BCUT2D eigenvalue weighted by atomic mass is 32.1. The summed E-state index contributed by atoms with van der Waals surface area (Å²) >= 11 is 5.55. The SMILES string of the molecule is [B]C1(C)CCCC2C(=S)N(C)CCC2C1. The van der Waals surface area contributed by atoms with Crippen molar-refractivity contribution >= 4 is 25.1 Å². The Balaban J connectivity index is 2.13. The minimum atomic E-state index is 0.0466. The highest BCUT2D eigenvalue weighted by Gasteiger charge is 2.37. The number of rotatable bonds is 0. The van der Waals surface area contributed by atoms with Crippen LogP contribution in [0.3, 0.4) is 0 Å². The highest BCUT2D eigenvalue weighted by Crippen LogP contribution is 2.46. The van der Waals surface area contributed by atoms with Crippen molar-refractivity contribution in [1.29, 1.82) is 0 Å². The minimum absolute atomic E-state index is 0.0466. The Morgan fingerprint density at radius 2 is 2.20 bits per heavy atom. The predicted octanol–water partition coefficient (Wildman–Crippen LogP) is 2.80. The van der Waals surface area contributed by atoms with Crippen LogP contribution in [0, 0.1) is 11.8 Å². The van der Waals surface area contributed by atoms with E-state index >= 15 is 0 Å². The van der Waals surface area contributed by atoms with Crippen LogP contribution in [-0.2, 0) is 0 Å². The molecule has 2 rings (SSSR count). The van der Waals surface area contributed by atoms with Crippen molar-refractivity contribution < 1.29 is 0 Å². The van der Waals surface area contributed by atoms with E-state index in [2.05, 4.69) is 18.9 Å². The monoisotopic (exact) mass is 221 g/mol. The lowest BCUT2D eigenvalue weighted by Crippen LogP contribution is -2.42. The van der Waals surface area contributed by atoms with Crippen LogP contribution in [0.2, 0.25) is 5.31 Å². The van der Waals surface area contributed by atoms with Crippen molar-refractivity contribution in [2.45, 2.75) is 44.3 Å². The molecule has 1 aliphatic carbocycles. The Labute approximate surface area is 100 Å². The van der Waals surface area contributed by atoms with E-state index in [1.165, 1.54) is 24.3 Å². The van der Waals surface area contributed by atoms with Crippen LogP contribution >= 0.6 is 12.2 Å². The third-order valence-corrected chi connectivity index (χ3v) is 4.70. The zero-order valence-electron chi connectivity index (χ0n) is 9.83. The van der Waals surface area contributed by atoms with E-state index in [4.69, 9.17) is 20.1 Å². The van der Waals surface area contributed by atoms with Gasteiger partial charge in [-0.25, -0.2) is 0 Å². The van der Waals surface area contributed by atoms with Crippen molar-refractivity contribution in [3.8, 4) is 0 Å². The van der Waals surface area contributed by atoms with Gasteiger partial charge in [-0.1, -0.05) is 43.7 Å². The van der Waals surface area contributed by atoms with E-state index in [1.54, 1.807) is 0 Å². The van der Waals surface area contributed by atoms with Gasteiger partial charge in [0.15, 0.2) is 0 Å². The number of hydrogen-bond acceptors (Lipinski definition) is 1. The Morgan fingerprint density at radius 3 is 2.93 bits per heavy atom. The number of nitrogens with zero attached hydrogens (tertiary/aromatic N) is 1. The molecule has 82 valence electrons. The predicted molar refractivity (Wildman–Crippen MR) is 69.4 cm³/mol. The number of hydrogen-bond donors (Lipinski definition) is 0. The highest BCUT2D eigenvalue weighted by molar-refractivity contribution is 7.80. The fourth-order valence-corrected chi connectivity index (χ4v) is 3.59. The largest absolute Gasteiger partial charge is 0.369 e. The molecule has 0 bridgehead atoms. The molecule has 3 unspecified atom stereocenters. The number of thiocarbonyl (C=S) groups is 1. The molecule has 1 aliphatic heterocycles. The van der Waals surface area contributed by atoms with E-state index in [1.807, 2.05) is 0 Å². The Hall–Kier alpha value is -0.0451. The first-order chi connectivity index (χ1) is 6.99. The molecule has 0 spiro atoms. The maximum Gasteiger partial charge on any atom is 0.0810 e. The normalized spacial score (nSPS) is 42.3. The fourth-order valence-electron chi connectivity index (χ4n) is 3.19. The molecule has 3 heteroatoms. The van der Waals surface area contributed by atoms with E-state index < -0.39 is 0 Å². The van der Waals surface area contributed by atoms with Gasteiger partial charge in [0.25, 0.3) is 0 Å². The van der Waals surface area contributed by atoms with Crippen LogP contribution in [-0.4, -0.2) is 31.3 Å². The van der Waals surface area contributed by atoms with Crippen molar-refractivity contribution in [3.05, 3.63) is 0 Å². The summed E-state index contributed by atoms with van der Waals surface area (Å²) in [6, 6.07) is 0. The maximum absolute atomic E-state index is 6.31. The Bertz CT molecular complexity index is 264. The molecule has 2 aliphatic rings. The second-order valence-corrected chi connectivity index (χ2v) is 6.08. The van der Waals surface area contributed by atoms with Crippen LogP contribution in [0.25, 0.3) is 0 Å². The molecule has 0 aromatic rings. The molecule has 2 fully saturated rings. The lowest BCUT2D eigenvalue weighted by Gasteiger charge is -2.39. The van der Waals surface area contributed by atoms with Gasteiger partial charge in [0, 0.05) is 19.5 Å². The van der Waals surface area contributed by atoms with Gasteiger partial charge in [-0.15, -0.1) is 0 Å². The van der Waals surface area contributed by atoms with Crippen LogP contribution in [0.15, 0.2) is 0 Å². The second kappa shape index (κ2) is 4.08. The summed E-state index contributed by atoms with van der Waals surface area (Å²) < 4.78 is 0. The molecule has 15 heavy (non-hydrogen) atoms. The minimum Gasteiger partial charge on any atom is -0.369 e. The number of likely N-dealkylation sites (tertiary alicyclic amines) is 1. The Kier molecular flexibility index (Phi) is 3.11. The first-order valence-corrected chi connectivity index (χ1v) is 6.44. The summed E-state index contributed by atoms with van der Waals surface area (Å²) in [7, 11) is 8.44. The maximum atomic E-state index is 6.31. The van der Waals surface area contributed by atoms with Crippen molar-refractivity contribution in [1.82, 2.24) is 4.90 Å². The van der Waals surface area contributed by atoms with Gasteiger partial charge in [-0.2, -0.15) is 0 Å². The van der Waals surface area contributed by atoms with E-state index in [0.717, 1.165) is 25.3 Å². The molecular formula is C12H20BNS. The summed E-state index contributed by atoms with van der Waals surface area (Å²) in [6.45, 7) is 3.33. The van der Waals surface area contributed by atoms with Crippen molar-refractivity contribution in [2.24, 2.45) is 11.8 Å². The van der Waals surface area contributed by atoms with E-state index in [9.17, 15) is 0 Å². The van der Waals surface area contributed by atoms with Crippen molar-refractivity contribution in [3.63, 3.8) is 0 Å². The average Bonchev–Trinajstić information content (AvgIpc) is 2.30. The molecule has 0 N–H and O–H groups in total. The summed E-state index contributed by atoms with van der Waals surface area (Å²) in [5, 5.41) is 0.0466. The number of piperidine rings is 1. The summed E-state index contributed by atoms with van der Waals surface area (Å²) in [5.41, 5.74) is 0. The average molecular weight is 221 g/mol. The van der Waals surface area contributed by atoms with E-state index in [-0.39, 0.29) is 5.31 Å². The zero-order valence-corrected chi connectivity index (χ0v) is 10.6. The lowest BCUT2D eigenvalue weighted by molar-refractivity contribution is 0.261. The summed E-state index contributed by atoms with van der Waals surface area (Å²) in [6.07, 6.45) is 6.08. The van der Waals surface area contributed by atoms with Gasteiger partial charge >= 0.3 is 0 Å². The Morgan fingerprint density at radius 1 is 1.47 bits per heavy atom. The molecule has 1 nitrogen and oxygen atoms in total. The third kappa shape index (κ3) is 2.38. The summed E-state index contributed by atoms with van der Waals surface area (Å²) in [5.74, 6) is 1.37. The van der Waals surface area contributed by atoms with Crippen LogP contribution in [0.5, 0.6) is 0 Å². The van der Waals surface area contributed by atoms with Gasteiger partial charge in [0.05, 0.1) is 12.8 Å². The third-order valence-electron chi connectivity index (χ3n) is 4.09. The zero-order chi connectivity index (χ0) is 11.1. The molecule has 0 aromatic carbocycles. The fraction of sp³-hybridized carbons (Fsp3) is 0.917. The first-order valence-electron chi connectivity index (χ1n) is 6.03. The topological polar surface area (TPSA) is 3.24 Å².